The van der Waals surface area contributed by atoms with Crippen LogP contribution in [0, 0.1) is 0 Å². The summed E-state index contributed by atoms with van der Waals surface area (Å²) in [4.78, 5) is 23.4. The number of carbonyl (C=O) groups excluding carboxylic acids is 2. The minimum Gasteiger partial charge on any atom is -0.396 e. The number of hydrogen-bond acceptors (Lipinski definition) is 5. The lowest BCUT2D eigenvalue weighted by Crippen LogP contribution is -2.22. The van der Waals surface area contributed by atoms with Crippen LogP contribution in [0.1, 0.15) is 104 Å². The van der Waals surface area contributed by atoms with Gasteiger partial charge in [-0.15, -0.1) is 0 Å². The van der Waals surface area contributed by atoms with E-state index in [4.69, 9.17) is 9.84 Å². The van der Waals surface area contributed by atoms with E-state index < -0.39 is 18.0 Å². The maximum Gasteiger partial charge on any atom is 0.343 e. The molecule has 0 saturated heterocycles. The topological polar surface area (TPSA) is 83.8 Å². The second-order valence-corrected chi connectivity index (χ2v) is 7.80. The Balaban J connectivity index is 3.59. The average molecular weight is 411 g/mol. The number of ether oxygens (including phenoxy) is 1. The van der Waals surface area contributed by atoms with Gasteiger partial charge in [0.2, 0.25) is 0 Å². The molecule has 0 aliphatic rings. The molecule has 1 atom stereocenters. The molecule has 0 heterocycles. The quantitative estimate of drug-likeness (QED) is 0.137. The first-order chi connectivity index (χ1) is 13.9. The molecule has 0 spiro atoms. The van der Waals surface area contributed by atoms with Gasteiger partial charge in [-0.3, -0.25) is 0 Å². The van der Waals surface area contributed by atoms with Crippen LogP contribution in [0.25, 0.3) is 0 Å². The second-order valence-electron chi connectivity index (χ2n) is 7.80. The molecule has 0 aliphatic carbocycles. The summed E-state index contributed by atoms with van der Waals surface area (Å²) in [6, 6.07) is 0. The molecule has 0 aromatic rings. The molecule has 1 unspecified atom stereocenters. The summed E-state index contributed by atoms with van der Waals surface area (Å²) < 4.78 is 4.69. The van der Waals surface area contributed by atoms with Crippen molar-refractivity contribution >= 4 is 11.9 Å². The Morgan fingerprint density at radius 2 is 1.24 bits per heavy atom. The van der Waals surface area contributed by atoms with Crippen molar-refractivity contribution < 1.29 is 24.5 Å². The van der Waals surface area contributed by atoms with Crippen molar-refractivity contribution in [3.8, 4) is 0 Å². The first-order valence-corrected chi connectivity index (χ1v) is 11.3. The van der Waals surface area contributed by atoms with E-state index in [-0.39, 0.29) is 5.57 Å². The van der Waals surface area contributed by atoms with Gasteiger partial charge in [-0.2, -0.15) is 0 Å². The van der Waals surface area contributed by atoms with Crippen LogP contribution in [0.4, 0.5) is 0 Å². The molecule has 0 aromatic heterocycles. The third kappa shape index (κ3) is 15.1. The number of aliphatic hydroxyl groups is 2. The fraction of sp³-hybridized carbons (Fsp3) is 0.750. The van der Waals surface area contributed by atoms with E-state index in [1.807, 2.05) is 0 Å². The molecule has 0 saturated carbocycles. The van der Waals surface area contributed by atoms with Gasteiger partial charge < -0.3 is 14.9 Å². The highest BCUT2D eigenvalue weighted by molar-refractivity contribution is 6.01. The van der Waals surface area contributed by atoms with Crippen molar-refractivity contribution in [3.05, 3.63) is 23.8 Å². The summed E-state index contributed by atoms with van der Waals surface area (Å²) in [6.07, 6.45) is 16.3. The van der Waals surface area contributed by atoms with Crippen LogP contribution in [0.3, 0.4) is 0 Å². The van der Waals surface area contributed by atoms with E-state index in [9.17, 15) is 14.7 Å². The molecular formula is C24H42O5. The Morgan fingerprint density at radius 1 is 0.828 bits per heavy atom. The second kappa shape index (κ2) is 18.6. The van der Waals surface area contributed by atoms with Crippen LogP contribution in [-0.2, 0) is 14.3 Å². The molecule has 5 heteroatoms. The van der Waals surface area contributed by atoms with Gasteiger partial charge in [0, 0.05) is 12.2 Å². The number of allylic oxidation sites excluding steroid dienone is 1. The van der Waals surface area contributed by atoms with Gasteiger partial charge >= 0.3 is 11.9 Å². The van der Waals surface area contributed by atoms with Gasteiger partial charge in [0.25, 0.3) is 0 Å². The van der Waals surface area contributed by atoms with Gasteiger partial charge in [-0.05, 0) is 26.7 Å². The third-order valence-corrected chi connectivity index (χ3v) is 5.24. The first-order valence-electron chi connectivity index (χ1n) is 11.3. The van der Waals surface area contributed by atoms with Crippen molar-refractivity contribution in [1.82, 2.24) is 0 Å². The van der Waals surface area contributed by atoms with E-state index in [1.165, 1.54) is 51.4 Å². The summed E-state index contributed by atoms with van der Waals surface area (Å²) in [5, 5.41) is 18.8. The molecule has 0 bridgehead atoms. The monoisotopic (exact) mass is 410 g/mol. The summed E-state index contributed by atoms with van der Waals surface area (Å²) in [5.41, 5.74) is 0.289. The molecule has 0 rings (SSSR count). The largest absolute Gasteiger partial charge is 0.396 e. The van der Waals surface area contributed by atoms with Gasteiger partial charge in [0.15, 0.2) is 0 Å². The van der Waals surface area contributed by atoms with E-state index in [1.54, 1.807) is 19.9 Å². The molecule has 0 fully saturated rings. The lowest BCUT2D eigenvalue weighted by Gasteiger charge is -2.12. The van der Waals surface area contributed by atoms with Gasteiger partial charge in [0.1, 0.15) is 0 Å². The zero-order chi connectivity index (χ0) is 21.9. The SMILES string of the molecule is C=C(C(=O)OC(=O)C(C)=CC)C(O)CCCCCCCCCCCCCCCO. The van der Waals surface area contributed by atoms with Crippen molar-refractivity contribution in [2.24, 2.45) is 0 Å². The normalized spacial score (nSPS) is 12.6. The Kier molecular flexibility index (Phi) is 17.6. The number of aliphatic hydroxyl groups excluding tert-OH is 2. The van der Waals surface area contributed by atoms with Crippen LogP contribution in [0.2, 0.25) is 0 Å². The highest BCUT2D eigenvalue weighted by Crippen LogP contribution is 2.15. The summed E-state index contributed by atoms with van der Waals surface area (Å²) in [7, 11) is 0. The lowest BCUT2D eigenvalue weighted by atomic mass is 10.0. The maximum atomic E-state index is 11.8. The van der Waals surface area contributed by atoms with Gasteiger partial charge in [0.05, 0.1) is 11.7 Å². The minimum absolute atomic E-state index is 0.0568. The van der Waals surface area contributed by atoms with E-state index in [2.05, 4.69) is 6.58 Å². The fourth-order valence-electron chi connectivity index (χ4n) is 3.05. The highest BCUT2D eigenvalue weighted by Gasteiger charge is 2.20. The summed E-state index contributed by atoms with van der Waals surface area (Å²) in [5.74, 6) is -1.55. The Hall–Kier alpha value is -1.46. The average Bonchev–Trinajstić information content (AvgIpc) is 2.72. The number of carbonyl (C=O) groups is 2. The number of rotatable bonds is 18. The zero-order valence-corrected chi connectivity index (χ0v) is 18.6. The molecule has 29 heavy (non-hydrogen) atoms. The molecule has 0 radical (unpaired) electrons. The van der Waals surface area contributed by atoms with Crippen LogP contribution >= 0.6 is 0 Å². The van der Waals surface area contributed by atoms with E-state index >= 15 is 0 Å². The van der Waals surface area contributed by atoms with Crippen molar-refractivity contribution in [2.45, 2.75) is 110 Å². The predicted molar refractivity (Wildman–Crippen MR) is 117 cm³/mol. The standard InChI is InChI=1S/C24H42O5/c1-4-20(2)23(27)29-24(28)21(3)22(26)18-16-14-12-10-8-6-5-7-9-11-13-15-17-19-25/h4,22,25-26H,3,5-19H2,1-2H3. The Labute approximate surface area is 177 Å². The predicted octanol–water partition coefficient (Wildman–Crippen LogP) is 5.39. The van der Waals surface area contributed by atoms with Crippen molar-refractivity contribution in [2.75, 3.05) is 6.61 Å². The lowest BCUT2D eigenvalue weighted by molar-refractivity contribution is -0.154. The minimum atomic E-state index is -0.960. The van der Waals surface area contributed by atoms with Crippen molar-refractivity contribution in [1.29, 1.82) is 0 Å². The smallest absolute Gasteiger partial charge is 0.343 e. The van der Waals surface area contributed by atoms with Crippen molar-refractivity contribution in [3.63, 3.8) is 0 Å². The number of esters is 2. The molecule has 168 valence electrons. The molecule has 0 amide bonds. The molecular weight excluding hydrogens is 368 g/mol. The van der Waals surface area contributed by atoms with E-state index in [0.29, 0.717) is 18.6 Å². The first kappa shape index (κ1) is 27.5. The third-order valence-electron chi connectivity index (χ3n) is 5.24. The number of unbranched alkanes of at least 4 members (excludes halogenated alkanes) is 12. The summed E-state index contributed by atoms with van der Waals surface area (Å²) in [6.45, 7) is 7.14. The van der Waals surface area contributed by atoms with Crippen LogP contribution in [0.15, 0.2) is 23.8 Å². The highest BCUT2D eigenvalue weighted by atomic mass is 16.6. The number of hydrogen-bond donors (Lipinski definition) is 2. The van der Waals surface area contributed by atoms with Crippen LogP contribution < -0.4 is 0 Å². The fourth-order valence-corrected chi connectivity index (χ4v) is 3.05. The Morgan fingerprint density at radius 3 is 1.66 bits per heavy atom. The maximum absolute atomic E-state index is 11.8. The molecule has 0 aromatic carbocycles. The molecule has 0 aliphatic heterocycles. The Bertz CT molecular complexity index is 495. The zero-order valence-electron chi connectivity index (χ0n) is 18.6. The molecule has 5 nitrogen and oxygen atoms in total. The van der Waals surface area contributed by atoms with Gasteiger partial charge in [-0.25, -0.2) is 9.59 Å². The van der Waals surface area contributed by atoms with Crippen LogP contribution in [0.5, 0.6) is 0 Å². The van der Waals surface area contributed by atoms with Crippen LogP contribution in [-0.4, -0.2) is 34.9 Å². The van der Waals surface area contributed by atoms with Gasteiger partial charge in [-0.1, -0.05) is 89.7 Å². The summed E-state index contributed by atoms with van der Waals surface area (Å²) >= 11 is 0. The molecule has 2 N–H and O–H groups in total. The van der Waals surface area contributed by atoms with E-state index in [0.717, 1.165) is 32.1 Å².